The summed E-state index contributed by atoms with van der Waals surface area (Å²) in [5.74, 6) is -2.15. The number of halogens is 6. The maximum atomic E-state index is 15.0. The Balaban J connectivity index is 1.42. The minimum atomic E-state index is -4.95. The average molecular weight is 774 g/mol. The topological polar surface area (TPSA) is 106 Å². The van der Waals surface area contributed by atoms with Crippen LogP contribution in [0.15, 0.2) is 97.3 Å². The fourth-order valence-electron chi connectivity index (χ4n) is 6.52. The van der Waals surface area contributed by atoms with E-state index < -0.39 is 46.8 Å². The van der Waals surface area contributed by atoms with Gasteiger partial charge in [-0.05, 0) is 77.9 Å². The monoisotopic (exact) mass is 773 g/mol. The molecule has 55 heavy (non-hydrogen) atoms. The van der Waals surface area contributed by atoms with Crippen molar-refractivity contribution in [2.75, 3.05) is 24.9 Å². The molecule has 7 rings (SSSR count). The fourth-order valence-corrected chi connectivity index (χ4v) is 6.74. The lowest BCUT2D eigenvalue weighted by atomic mass is 9.93. The number of nitrogens with one attached hydrogen (secondary N) is 2. The largest absolute Gasteiger partial charge is 0.497 e. The number of methoxy groups -OCH3 is 2. The van der Waals surface area contributed by atoms with Gasteiger partial charge in [-0.15, -0.1) is 0 Å². The molecule has 9 nitrogen and oxygen atoms in total. The third kappa shape index (κ3) is 7.45. The van der Waals surface area contributed by atoms with Crippen molar-refractivity contribution in [3.63, 3.8) is 0 Å². The molecule has 0 radical (unpaired) electrons. The molecule has 6 aromatic rings. The van der Waals surface area contributed by atoms with Gasteiger partial charge < -0.3 is 25.0 Å². The second kappa shape index (κ2) is 14.9. The standard InChI is InChI=1S/C40H29ClF5N5O4/c1-54-27-8-3-21(4-9-27)18-47-37-30-17-32(50-38(52)23-13-24(40(44,45)46)15-26(43)14-23)33-34(35(30)48-20-49-37)39(53)51(19-22-5-10-28(55-2)11-6-22)36(33)29-16-25(42)7-12-31(29)41/h3-17,20,36H,18-19H2,1-2H3,(H,50,52)(H,47,48,49). The van der Waals surface area contributed by atoms with Crippen molar-refractivity contribution >= 4 is 45.8 Å². The normalized spacial score (nSPS) is 13.9. The number of hydrogen-bond donors (Lipinski definition) is 2. The molecule has 0 spiro atoms. The second-order valence-electron chi connectivity index (χ2n) is 12.6. The van der Waals surface area contributed by atoms with Crippen LogP contribution in [0, 0.1) is 11.6 Å². The molecule has 2 amide bonds. The molecule has 5 aromatic carbocycles. The van der Waals surface area contributed by atoms with Crippen LogP contribution in [0.3, 0.4) is 0 Å². The number of fused-ring (bicyclic) bond motifs is 3. The lowest BCUT2D eigenvalue weighted by molar-refractivity contribution is -0.137. The highest BCUT2D eigenvalue weighted by atomic mass is 35.5. The van der Waals surface area contributed by atoms with Gasteiger partial charge in [0.2, 0.25) is 0 Å². The Labute approximate surface area is 315 Å². The number of amides is 2. The molecule has 0 saturated heterocycles. The van der Waals surface area contributed by atoms with E-state index in [-0.39, 0.29) is 63.3 Å². The third-order valence-corrected chi connectivity index (χ3v) is 9.49. The number of nitrogens with zero attached hydrogens (tertiary/aromatic N) is 3. The van der Waals surface area contributed by atoms with E-state index in [0.717, 1.165) is 17.7 Å². The van der Waals surface area contributed by atoms with Crippen LogP contribution in [0.25, 0.3) is 10.9 Å². The SMILES string of the molecule is COc1ccc(CNc2ncnc3c4c(c(NC(=O)c5cc(F)cc(C(F)(F)F)c5)cc23)C(c2cc(F)ccc2Cl)N(Cc2ccc(OC)cc2)C4=O)cc1. The highest BCUT2D eigenvalue weighted by molar-refractivity contribution is 6.31. The number of benzene rings is 5. The number of hydrogen-bond acceptors (Lipinski definition) is 7. The highest BCUT2D eigenvalue weighted by Gasteiger charge is 2.43. The van der Waals surface area contributed by atoms with Crippen LogP contribution >= 0.6 is 11.6 Å². The zero-order valence-corrected chi connectivity index (χ0v) is 29.7. The van der Waals surface area contributed by atoms with Gasteiger partial charge in [0, 0.05) is 45.9 Å². The van der Waals surface area contributed by atoms with Crippen molar-refractivity contribution in [2.45, 2.75) is 25.3 Å². The first-order chi connectivity index (χ1) is 26.3. The molecule has 1 atom stereocenters. The molecule has 2 heterocycles. The van der Waals surface area contributed by atoms with Gasteiger partial charge in [0.25, 0.3) is 11.8 Å². The summed E-state index contributed by atoms with van der Waals surface area (Å²) in [5.41, 5.74) is -0.0755. The summed E-state index contributed by atoms with van der Waals surface area (Å²) < 4.78 is 81.0. The summed E-state index contributed by atoms with van der Waals surface area (Å²) in [6, 6.07) is 19.5. The summed E-state index contributed by atoms with van der Waals surface area (Å²) in [4.78, 5) is 38.9. The first-order valence-corrected chi connectivity index (χ1v) is 17.0. The number of alkyl halides is 3. The molecule has 1 aliphatic rings. The number of anilines is 2. The minimum absolute atomic E-state index is 0.0109. The molecule has 1 unspecified atom stereocenters. The summed E-state index contributed by atoms with van der Waals surface area (Å²) in [6.07, 6.45) is -3.69. The van der Waals surface area contributed by atoms with E-state index in [0.29, 0.717) is 29.2 Å². The van der Waals surface area contributed by atoms with Gasteiger partial charge in [-0.1, -0.05) is 35.9 Å². The van der Waals surface area contributed by atoms with Gasteiger partial charge in [-0.2, -0.15) is 13.2 Å². The van der Waals surface area contributed by atoms with E-state index >= 15 is 0 Å². The molecule has 0 fully saturated rings. The van der Waals surface area contributed by atoms with E-state index in [9.17, 15) is 31.5 Å². The number of ether oxygens (including phenoxy) is 2. The van der Waals surface area contributed by atoms with E-state index in [4.69, 9.17) is 21.1 Å². The van der Waals surface area contributed by atoms with E-state index in [1.54, 1.807) is 43.5 Å². The quantitative estimate of drug-likeness (QED) is 0.134. The molecular weight excluding hydrogens is 745 g/mol. The lowest BCUT2D eigenvalue weighted by Crippen LogP contribution is -2.29. The van der Waals surface area contributed by atoms with Crippen LogP contribution in [0.5, 0.6) is 11.5 Å². The predicted octanol–water partition coefficient (Wildman–Crippen LogP) is 9.21. The Hall–Kier alpha value is -6.28. The van der Waals surface area contributed by atoms with Crippen molar-refractivity contribution in [3.8, 4) is 11.5 Å². The molecular formula is C40H29ClF5N5O4. The summed E-state index contributed by atoms with van der Waals surface area (Å²) >= 11 is 6.69. The van der Waals surface area contributed by atoms with Crippen LogP contribution in [0.2, 0.25) is 5.02 Å². The van der Waals surface area contributed by atoms with Crippen molar-refractivity contribution < 1.29 is 41.0 Å². The first-order valence-electron chi connectivity index (χ1n) is 16.6. The van der Waals surface area contributed by atoms with Crippen LogP contribution in [0.4, 0.5) is 33.5 Å². The van der Waals surface area contributed by atoms with Crippen LogP contribution < -0.4 is 20.1 Å². The number of rotatable bonds is 10. The maximum Gasteiger partial charge on any atom is 0.416 e. The molecule has 15 heteroatoms. The summed E-state index contributed by atoms with van der Waals surface area (Å²) in [6.45, 7) is 0.230. The van der Waals surface area contributed by atoms with Crippen molar-refractivity contribution in [2.24, 2.45) is 0 Å². The van der Waals surface area contributed by atoms with Gasteiger partial charge >= 0.3 is 6.18 Å². The van der Waals surface area contributed by atoms with Crippen molar-refractivity contribution in [3.05, 3.63) is 153 Å². The number of carbonyl (C=O) groups excluding carboxylic acids is 2. The first kappa shape index (κ1) is 37.1. The number of aromatic nitrogens is 2. The van der Waals surface area contributed by atoms with Crippen LogP contribution in [-0.2, 0) is 19.3 Å². The van der Waals surface area contributed by atoms with Crippen LogP contribution in [0.1, 0.15) is 54.6 Å². The Morgan fingerprint density at radius 1 is 0.855 bits per heavy atom. The second-order valence-corrected chi connectivity index (χ2v) is 13.0. The van der Waals surface area contributed by atoms with Gasteiger partial charge in [0.05, 0.1) is 36.9 Å². The molecule has 2 N–H and O–H groups in total. The average Bonchev–Trinajstić information content (AvgIpc) is 3.46. The zero-order valence-electron chi connectivity index (χ0n) is 29.0. The smallest absolute Gasteiger partial charge is 0.416 e. The summed E-state index contributed by atoms with van der Waals surface area (Å²) in [5, 5.41) is 6.21. The minimum Gasteiger partial charge on any atom is -0.497 e. The molecule has 0 aliphatic carbocycles. The Bertz CT molecular complexity index is 2450. The lowest BCUT2D eigenvalue weighted by Gasteiger charge is -2.28. The predicted molar refractivity (Wildman–Crippen MR) is 195 cm³/mol. The van der Waals surface area contributed by atoms with E-state index in [2.05, 4.69) is 20.6 Å². The molecule has 0 bridgehead atoms. The third-order valence-electron chi connectivity index (χ3n) is 9.15. The summed E-state index contributed by atoms with van der Waals surface area (Å²) in [7, 11) is 3.05. The highest BCUT2D eigenvalue weighted by Crippen LogP contribution is 2.48. The fraction of sp³-hybridized carbons (Fsp3) is 0.150. The Kier molecular flexibility index (Phi) is 10.0. The number of carbonyl (C=O) groups is 2. The Morgan fingerprint density at radius 3 is 2.18 bits per heavy atom. The van der Waals surface area contributed by atoms with Gasteiger partial charge in [0.15, 0.2) is 0 Å². The molecule has 280 valence electrons. The molecule has 1 aliphatic heterocycles. The van der Waals surface area contributed by atoms with Gasteiger partial charge in [-0.25, -0.2) is 18.7 Å². The van der Waals surface area contributed by atoms with Crippen LogP contribution in [-0.4, -0.2) is 40.9 Å². The van der Waals surface area contributed by atoms with E-state index in [1.165, 1.54) is 30.5 Å². The van der Waals surface area contributed by atoms with Gasteiger partial charge in [0.1, 0.15) is 35.3 Å². The zero-order chi connectivity index (χ0) is 39.0. The molecule has 0 saturated carbocycles. The maximum absolute atomic E-state index is 15.0. The molecule has 1 aromatic heterocycles. The van der Waals surface area contributed by atoms with E-state index in [1.807, 2.05) is 12.1 Å². The van der Waals surface area contributed by atoms with Crippen molar-refractivity contribution in [1.82, 2.24) is 14.9 Å². The Morgan fingerprint density at radius 2 is 1.53 bits per heavy atom. The van der Waals surface area contributed by atoms with Crippen molar-refractivity contribution in [1.29, 1.82) is 0 Å². The van der Waals surface area contributed by atoms with Gasteiger partial charge in [-0.3, -0.25) is 9.59 Å².